The molecule has 0 atom stereocenters. The van der Waals surface area contributed by atoms with Crippen LogP contribution in [0, 0.1) is 18.7 Å². The maximum absolute atomic E-state index is 13.2. The molecule has 0 N–H and O–H groups in total. The highest BCUT2D eigenvalue weighted by Gasteiger charge is 2.10. The van der Waals surface area contributed by atoms with Gasteiger partial charge < -0.3 is 0 Å². The fraction of sp³-hybridized carbons (Fsp3) is 0.212. The van der Waals surface area contributed by atoms with Crippen molar-refractivity contribution in [2.75, 3.05) is 0 Å². The molecule has 0 amide bonds. The monoisotopic (exact) mass is 480 g/mol. The summed E-state index contributed by atoms with van der Waals surface area (Å²) in [5.41, 5.74) is 9.73. The summed E-state index contributed by atoms with van der Waals surface area (Å²) >= 11 is 0. The Hall–Kier alpha value is -3.85. The molecule has 2 aromatic heterocycles. The van der Waals surface area contributed by atoms with Crippen molar-refractivity contribution in [3.63, 3.8) is 0 Å². The van der Waals surface area contributed by atoms with E-state index in [2.05, 4.69) is 88.1 Å². The second-order valence-electron chi connectivity index (χ2n) is 9.27. The SMILES string of the molecule is C=C/C(=C\C=C/C(C)=C(C)C)c1cncc(C)c1.C=C1C=C(C(C)C)C=CC=C1c1cncc(F)c1. The van der Waals surface area contributed by atoms with Gasteiger partial charge in [-0.05, 0) is 73.6 Å². The molecule has 2 aromatic rings. The van der Waals surface area contributed by atoms with Crippen LogP contribution in [0.1, 0.15) is 51.3 Å². The minimum absolute atomic E-state index is 0.331. The number of hydrogen-bond acceptors (Lipinski definition) is 2. The van der Waals surface area contributed by atoms with Crippen molar-refractivity contribution in [3.8, 4) is 0 Å². The van der Waals surface area contributed by atoms with Gasteiger partial charge in [-0.3, -0.25) is 9.97 Å². The Bertz CT molecular complexity index is 1280. The maximum atomic E-state index is 13.2. The summed E-state index contributed by atoms with van der Waals surface area (Å²) in [5, 5.41) is 0. The normalized spacial score (nSPS) is 13.6. The Labute approximate surface area is 216 Å². The van der Waals surface area contributed by atoms with Crippen molar-refractivity contribution < 1.29 is 4.39 Å². The van der Waals surface area contributed by atoms with Crippen molar-refractivity contribution in [3.05, 3.63) is 143 Å². The summed E-state index contributed by atoms with van der Waals surface area (Å²) in [7, 11) is 0. The highest BCUT2D eigenvalue weighted by Crippen LogP contribution is 2.28. The van der Waals surface area contributed by atoms with Crippen molar-refractivity contribution in [2.24, 2.45) is 5.92 Å². The molecule has 0 saturated heterocycles. The van der Waals surface area contributed by atoms with Gasteiger partial charge in [-0.1, -0.05) is 86.8 Å². The molecule has 0 aromatic carbocycles. The second-order valence-corrected chi connectivity index (χ2v) is 9.27. The van der Waals surface area contributed by atoms with E-state index in [-0.39, 0.29) is 5.82 Å². The van der Waals surface area contributed by atoms with Crippen LogP contribution in [0.25, 0.3) is 11.1 Å². The highest BCUT2D eigenvalue weighted by atomic mass is 19.1. The van der Waals surface area contributed by atoms with Gasteiger partial charge in [-0.15, -0.1) is 0 Å². The lowest BCUT2D eigenvalue weighted by atomic mass is 9.97. The Balaban J connectivity index is 0.000000254. The first-order chi connectivity index (χ1) is 17.1. The van der Waals surface area contributed by atoms with Crippen LogP contribution >= 0.6 is 0 Å². The highest BCUT2D eigenvalue weighted by molar-refractivity contribution is 5.83. The van der Waals surface area contributed by atoms with E-state index in [1.54, 1.807) is 6.20 Å². The summed E-state index contributed by atoms with van der Waals surface area (Å²) < 4.78 is 13.2. The number of nitrogens with zero attached hydrogens (tertiary/aromatic N) is 2. The minimum atomic E-state index is -0.331. The quantitative estimate of drug-likeness (QED) is 0.385. The minimum Gasteiger partial charge on any atom is -0.264 e. The average molecular weight is 481 g/mol. The Morgan fingerprint density at radius 3 is 2.36 bits per heavy atom. The Morgan fingerprint density at radius 1 is 1.03 bits per heavy atom. The molecule has 0 fully saturated rings. The van der Waals surface area contributed by atoms with E-state index in [1.165, 1.54) is 29.0 Å². The van der Waals surface area contributed by atoms with Crippen LogP contribution < -0.4 is 0 Å². The number of aryl methyl sites for hydroxylation is 1. The van der Waals surface area contributed by atoms with E-state index in [9.17, 15) is 4.39 Å². The van der Waals surface area contributed by atoms with E-state index in [0.717, 1.165) is 33.4 Å². The van der Waals surface area contributed by atoms with E-state index in [0.29, 0.717) is 5.92 Å². The van der Waals surface area contributed by atoms with Gasteiger partial charge in [0.2, 0.25) is 0 Å². The fourth-order valence-corrected chi connectivity index (χ4v) is 3.35. The van der Waals surface area contributed by atoms with Crippen molar-refractivity contribution >= 4 is 11.1 Å². The Morgan fingerprint density at radius 2 is 1.75 bits per heavy atom. The van der Waals surface area contributed by atoms with Gasteiger partial charge in [0.05, 0.1) is 6.20 Å². The number of rotatable bonds is 6. The predicted octanol–water partition coefficient (Wildman–Crippen LogP) is 9.18. The van der Waals surface area contributed by atoms with Gasteiger partial charge in [0.15, 0.2) is 0 Å². The summed E-state index contributed by atoms with van der Waals surface area (Å²) in [6, 6.07) is 3.59. The van der Waals surface area contributed by atoms with E-state index < -0.39 is 0 Å². The first-order valence-corrected chi connectivity index (χ1v) is 12.1. The van der Waals surface area contributed by atoms with Gasteiger partial charge in [0.25, 0.3) is 0 Å². The first-order valence-electron chi connectivity index (χ1n) is 12.1. The van der Waals surface area contributed by atoms with Crippen molar-refractivity contribution in [1.29, 1.82) is 0 Å². The van der Waals surface area contributed by atoms with Gasteiger partial charge >= 0.3 is 0 Å². The summed E-state index contributed by atoms with van der Waals surface area (Å²) in [6.07, 6.45) is 22.7. The summed E-state index contributed by atoms with van der Waals surface area (Å²) in [6.45, 7) is 20.6. The lowest BCUT2D eigenvalue weighted by Gasteiger charge is -2.09. The molecule has 0 spiro atoms. The maximum Gasteiger partial charge on any atom is 0.142 e. The molecule has 1 aliphatic carbocycles. The number of pyridine rings is 2. The molecule has 36 heavy (non-hydrogen) atoms. The van der Waals surface area contributed by atoms with Crippen LogP contribution in [0.4, 0.5) is 4.39 Å². The zero-order valence-corrected chi connectivity index (χ0v) is 22.3. The van der Waals surface area contributed by atoms with E-state index in [1.807, 2.05) is 43.6 Å². The first kappa shape index (κ1) is 28.4. The molecule has 0 aliphatic heterocycles. The van der Waals surface area contributed by atoms with Crippen LogP contribution in [-0.4, -0.2) is 9.97 Å². The zero-order valence-electron chi connectivity index (χ0n) is 22.3. The van der Waals surface area contributed by atoms with Crippen LogP contribution in [-0.2, 0) is 0 Å². The fourth-order valence-electron chi connectivity index (χ4n) is 3.35. The van der Waals surface area contributed by atoms with Crippen molar-refractivity contribution in [2.45, 2.75) is 41.5 Å². The lowest BCUT2D eigenvalue weighted by molar-refractivity contribution is 0.621. The largest absolute Gasteiger partial charge is 0.264 e. The molecule has 0 radical (unpaired) electrons. The third kappa shape index (κ3) is 8.74. The lowest BCUT2D eigenvalue weighted by Crippen LogP contribution is -1.92. The third-order valence-electron chi connectivity index (χ3n) is 5.76. The molecule has 0 saturated carbocycles. The molecule has 1 aliphatic rings. The molecule has 2 heterocycles. The van der Waals surface area contributed by atoms with Gasteiger partial charge in [0.1, 0.15) is 5.82 Å². The van der Waals surface area contributed by atoms with Gasteiger partial charge in [0, 0.05) is 29.7 Å². The second kappa shape index (κ2) is 13.9. The summed E-state index contributed by atoms with van der Waals surface area (Å²) in [4.78, 5) is 8.08. The van der Waals surface area contributed by atoms with Gasteiger partial charge in [-0.25, -0.2) is 4.39 Å². The zero-order chi connectivity index (χ0) is 26.7. The predicted molar refractivity (Wildman–Crippen MR) is 154 cm³/mol. The average Bonchev–Trinajstić information content (AvgIpc) is 3.03. The van der Waals surface area contributed by atoms with Crippen LogP contribution in [0.5, 0.6) is 0 Å². The molecule has 0 unspecified atom stereocenters. The third-order valence-corrected chi connectivity index (χ3v) is 5.76. The molecule has 0 bridgehead atoms. The number of allylic oxidation sites excluding steroid dienone is 14. The smallest absolute Gasteiger partial charge is 0.142 e. The summed E-state index contributed by atoms with van der Waals surface area (Å²) in [5.74, 6) is 0.110. The number of aromatic nitrogens is 2. The topological polar surface area (TPSA) is 25.8 Å². The molecular formula is C33H37FN2. The van der Waals surface area contributed by atoms with E-state index in [4.69, 9.17) is 0 Å². The molecular weight excluding hydrogens is 443 g/mol. The number of hydrogen-bond donors (Lipinski definition) is 0. The van der Waals surface area contributed by atoms with Crippen LogP contribution in [0.2, 0.25) is 0 Å². The Kier molecular flexibility index (Phi) is 11.0. The molecule has 3 heteroatoms. The molecule has 186 valence electrons. The molecule has 3 rings (SSSR count). The van der Waals surface area contributed by atoms with Crippen LogP contribution in [0.15, 0.2) is 121 Å². The van der Waals surface area contributed by atoms with E-state index >= 15 is 0 Å². The standard InChI is InChI=1S/C17H21N.C16H16FN/c1-6-16(9-7-8-15(5)13(2)3)17-10-14(4)11-18-12-17;1-11(2)13-5-4-6-16(12(3)7-13)14-8-15(17)10-18-9-14/h6-12H,1H2,2-5H3;4-11H,3H2,1-2H3/b8-7-,16-9+;. The molecule has 2 nitrogen and oxygen atoms in total. The van der Waals surface area contributed by atoms with Crippen molar-refractivity contribution in [1.82, 2.24) is 9.97 Å². The van der Waals surface area contributed by atoms with Crippen LogP contribution in [0.3, 0.4) is 0 Å². The number of halogens is 1. The van der Waals surface area contributed by atoms with Gasteiger partial charge in [-0.2, -0.15) is 0 Å².